The largest absolute Gasteiger partial charge is 0.454 e. The molecule has 0 aliphatic carbocycles. The number of likely N-dealkylation sites (tertiary alicyclic amines) is 1. The molecular formula is C27H35FN2O3. The molecule has 2 aromatic rings. The predicted octanol–water partition coefficient (Wildman–Crippen LogP) is 4.91. The molecule has 0 radical (unpaired) electrons. The van der Waals surface area contributed by atoms with Gasteiger partial charge in [-0.3, -0.25) is 9.69 Å². The van der Waals surface area contributed by atoms with E-state index in [0.717, 1.165) is 48.8 Å². The number of hydrogen-bond acceptors (Lipinski definition) is 4. The molecule has 0 spiro atoms. The summed E-state index contributed by atoms with van der Waals surface area (Å²) < 4.78 is 25.1. The Kier molecular flexibility index (Phi) is 7.23. The summed E-state index contributed by atoms with van der Waals surface area (Å²) in [4.78, 5) is 17.4. The van der Waals surface area contributed by atoms with Gasteiger partial charge < -0.3 is 14.4 Å². The third-order valence-electron chi connectivity index (χ3n) is 6.48. The highest BCUT2D eigenvalue weighted by Crippen LogP contribution is 2.37. The van der Waals surface area contributed by atoms with Crippen molar-refractivity contribution < 1.29 is 18.7 Å². The lowest BCUT2D eigenvalue weighted by Gasteiger charge is -2.31. The van der Waals surface area contributed by atoms with Gasteiger partial charge in [0.25, 0.3) is 0 Å². The van der Waals surface area contributed by atoms with Crippen molar-refractivity contribution >= 4 is 5.91 Å². The van der Waals surface area contributed by atoms with Crippen LogP contribution < -0.4 is 9.47 Å². The maximum Gasteiger partial charge on any atom is 0.231 e. The molecule has 1 fully saturated rings. The van der Waals surface area contributed by atoms with Crippen LogP contribution in [-0.2, 0) is 11.3 Å². The SMILES string of the molecule is CC(C)CN(C[C@@H]1CN(Cc2ccc3c(c2)OCO3)C[C@@H]1c1cccc(F)c1)C(=O)C(C)C. The monoisotopic (exact) mass is 454 g/mol. The van der Waals surface area contributed by atoms with Gasteiger partial charge in [-0.25, -0.2) is 4.39 Å². The van der Waals surface area contributed by atoms with Gasteiger partial charge in [0.1, 0.15) is 5.82 Å². The van der Waals surface area contributed by atoms with E-state index in [1.807, 2.05) is 36.9 Å². The van der Waals surface area contributed by atoms with Gasteiger partial charge in [-0.15, -0.1) is 0 Å². The van der Waals surface area contributed by atoms with Gasteiger partial charge in [0.05, 0.1) is 0 Å². The van der Waals surface area contributed by atoms with Gasteiger partial charge in [0.2, 0.25) is 12.7 Å². The Labute approximate surface area is 196 Å². The van der Waals surface area contributed by atoms with Gasteiger partial charge in [-0.05, 0) is 47.2 Å². The number of benzene rings is 2. The van der Waals surface area contributed by atoms with Gasteiger partial charge in [0, 0.05) is 44.6 Å². The molecule has 178 valence electrons. The zero-order chi connectivity index (χ0) is 23.5. The molecule has 2 aliphatic heterocycles. The van der Waals surface area contributed by atoms with Crippen molar-refractivity contribution in [1.82, 2.24) is 9.80 Å². The zero-order valence-corrected chi connectivity index (χ0v) is 20.1. The van der Waals surface area contributed by atoms with E-state index in [1.54, 1.807) is 12.1 Å². The highest BCUT2D eigenvalue weighted by molar-refractivity contribution is 5.78. The molecule has 0 saturated carbocycles. The Bertz CT molecular complexity index is 978. The molecule has 4 rings (SSSR count). The van der Waals surface area contributed by atoms with E-state index < -0.39 is 0 Å². The fourth-order valence-electron chi connectivity index (χ4n) is 5.03. The maximum atomic E-state index is 14.1. The minimum Gasteiger partial charge on any atom is -0.454 e. The van der Waals surface area contributed by atoms with E-state index in [0.29, 0.717) is 12.5 Å². The molecule has 1 saturated heterocycles. The van der Waals surface area contributed by atoms with Crippen LogP contribution in [0.15, 0.2) is 42.5 Å². The predicted molar refractivity (Wildman–Crippen MR) is 127 cm³/mol. The highest BCUT2D eigenvalue weighted by Gasteiger charge is 2.36. The number of fused-ring (bicyclic) bond motifs is 1. The lowest BCUT2D eigenvalue weighted by Crippen LogP contribution is -2.41. The second kappa shape index (κ2) is 10.1. The molecule has 2 aromatic carbocycles. The zero-order valence-electron chi connectivity index (χ0n) is 20.1. The highest BCUT2D eigenvalue weighted by atomic mass is 19.1. The van der Waals surface area contributed by atoms with Crippen molar-refractivity contribution in [2.75, 3.05) is 33.0 Å². The van der Waals surface area contributed by atoms with Crippen molar-refractivity contribution in [3.8, 4) is 11.5 Å². The first-order valence-corrected chi connectivity index (χ1v) is 11.9. The number of carbonyl (C=O) groups is 1. The number of carbonyl (C=O) groups excluding carboxylic acids is 1. The number of rotatable bonds is 8. The topological polar surface area (TPSA) is 42.0 Å². The fourth-order valence-corrected chi connectivity index (χ4v) is 5.03. The van der Waals surface area contributed by atoms with E-state index in [2.05, 4.69) is 24.8 Å². The molecule has 33 heavy (non-hydrogen) atoms. The summed E-state index contributed by atoms with van der Waals surface area (Å²) in [5, 5.41) is 0. The van der Waals surface area contributed by atoms with Gasteiger partial charge >= 0.3 is 0 Å². The van der Waals surface area contributed by atoms with Crippen LogP contribution in [-0.4, -0.2) is 48.7 Å². The average molecular weight is 455 g/mol. The van der Waals surface area contributed by atoms with Crippen LogP contribution in [0.25, 0.3) is 0 Å². The van der Waals surface area contributed by atoms with E-state index in [9.17, 15) is 9.18 Å². The molecule has 2 heterocycles. The molecule has 0 bridgehead atoms. The summed E-state index contributed by atoms with van der Waals surface area (Å²) in [5.41, 5.74) is 2.17. The minimum atomic E-state index is -0.210. The summed E-state index contributed by atoms with van der Waals surface area (Å²) in [7, 11) is 0. The molecule has 5 nitrogen and oxygen atoms in total. The number of ether oxygens (including phenoxy) is 2. The van der Waals surface area contributed by atoms with Crippen LogP contribution in [0.5, 0.6) is 11.5 Å². The lowest BCUT2D eigenvalue weighted by atomic mass is 9.88. The summed E-state index contributed by atoms with van der Waals surface area (Å²) >= 11 is 0. The second-order valence-corrected chi connectivity index (χ2v) is 10.1. The Morgan fingerprint density at radius 2 is 1.88 bits per heavy atom. The van der Waals surface area contributed by atoms with Crippen LogP contribution in [0.4, 0.5) is 4.39 Å². The lowest BCUT2D eigenvalue weighted by molar-refractivity contribution is -0.135. The van der Waals surface area contributed by atoms with E-state index >= 15 is 0 Å². The van der Waals surface area contributed by atoms with E-state index in [4.69, 9.17) is 9.47 Å². The Balaban J connectivity index is 1.55. The third-order valence-corrected chi connectivity index (χ3v) is 6.48. The van der Waals surface area contributed by atoms with Crippen molar-refractivity contribution in [3.05, 3.63) is 59.4 Å². The Morgan fingerprint density at radius 3 is 2.61 bits per heavy atom. The van der Waals surface area contributed by atoms with Gasteiger partial charge in [-0.1, -0.05) is 45.9 Å². The smallest absolute Gasteiger partial charge is 0.231 e. The normalized spacial score (nSPS) is 20.1. The number of nitrogens with zero attached hydrogens (tertiary/aromatic N) is 2. The summed E-state index contributed by atoms with van der Waals surface area (Å²) in [5.74, 6) is 2.32. The minimum absolute atomic E-state index is 0.0393. The average Bonchev–Trinajstić information content (AvgIpc) is 3.39. The van der Waals surface area contributed by atoms with Gasteiger partial charge in [-0.2, -0.15) is 0 Å². The standard InChI is InChI=1S/C27H35FN2O3/c1-18(2)12-30(27(31)19(3)4)15-22-14-29(16-24(22)21-6-5-7-23(28)11-21)13-20-8-9-25-26(10-20)33-17-32-25/h5-11,18-19,22,24H,12-17H2,1-4H3/t22-,24+/m0/s1. The molecule has 0 N–H and O–H groups in total. The van der Waals surface area contributed by atoms with Crippen molar-refractivity contribution in [1.29, 1.82) is 0 Å². The molecule has 6 heteroatoms. The quantitative estimate of drug-likeness (QED) is 0.568. The number of hydrogen-bond donors (Lipinski definition) is 0. The molecular weight excluding hydrogens is 419 g/mol. The van der Waals surface area contributed by atoms with Crippen LogP contribution >= 0.6 is 0 Å². The summed E-state index contributed by atoms with van der Waals surface area (Å²) in [6.07, 6.45) is 0. The molecule has 2 atom stereocenters. The Morgan fingerprint density at radius 1 is 1.09 bits per heavy atom. The summed E-state index contributed by atoms with van der Waals surface area (Å²) in [6.45, 7) is 12.4. The maximum absolute atomic E-state index is 14.1. The van der Waals surface area contributed by atoms with Crippen LogP contribution in [0.2, 0.25) is 0 Å². The van der Waals surface area contributed by atoms with E-state index in [1.165, 1.54) is 6.07 Å². The fraction of sp³-hybridized carbons (Fsp3) is 0.519. The first-order valence-electron chi connectivity index (χ1n) is 11.9. The Hall–Kier alpha value is -2.60. The third kappa shape index (κ3) is 5.67. The van der Waals surface area contributed by atoms with Crippen LogP contribution in [0, 0.1) is 23.6 Å². The van der Waals surface area contributed by atoms with E-state index in [-0.39, 0.29) is 36.3 Å². The number of amides is 1. The van der Waals surface area contributed by atoms with Crippen molar-refractivity contribution in [2.45, 2.75) is 40.2 Å². The van der Waals surface area contributed by atoms with Crippen LogP contribution in [0.3, 0.4) is 0 Å². The number of halogens is 1. The first kappa shape index (κ1) is 23.6. The molecule has 0 unspecified atom stereocenters. The first-order chi connectivity index (χ1) is 15.8. The van der Waals surface area contributed by atoms with Gasteiger partial charge in [0.15, 0.2) is 11.5 Å². The summed E-state index contributed by atoms with van der Waals surface area (Å²) in [6, 6.07) is 13.0. The second-order valence-electron chi connectivity index (χ2n) is 10.1. The van der Waals surface area contributed by atoms with Crippen molar-refractivity contribution in [2.24, 2.45) is 17.8 Å². The molecule has 2 aliphatic rings. The molecule has 1 amide bonds. The van der Waals surface area contributed by atoms with Crippen molar-refractivity contribution in [3.63, 3.8) is 0 Å². The molecule has 0 aromatic heterocycles. The van der Waals surface area contributed by atoms with Crippen LogP contribution in [0.1, 0.15) is 44.7 Å².